The Hall–Kier alpha value is -0.830. The molecular weight excluding hydrogens is 427 g/mol. The summed E-state index contributed by atoms with van der Waals surface area (Å²) in [6, 6.07) is 0. The molecule has 0 nitrogen and oxygen atoms in total. The van der Waals surface area contributed by atoms with Crippen LogP contribution in [0.5, 0.6) is 0 Å². The lowest BCUT2D eigenvalue weighted by Gasteiger charge is -2.37. The molecule has 5 rings (SSSR count). The number of rotatable bonds is 1. The molecule has 5 aliphatic carbocycles. The lowest BCUT2D eigenvalue weighted by molar-refractivity contribution is 0.224. The molecule has 26 heavy (non-hydrogen) atoms. The van der Waals surface area contributed by atoms with Gasteiger partial charge in [-0.3, -0.25) is 0 Å². The van der Waals surface area contributed by atoms with Crippen molar-refractivity contribution in [3.05, 3.63) is 68.4 Å². The van der Waals surface area contributed by atoms with E-state index < -0.39 is 0 Å². The highest BCUT2D eigenvalue weighted by Gasteiger charge is 2.49. The Morgan fingerprint density at radius 3 is 2.73 bits per heavy atom. The zero-order valence-electron chi connectivity index (χ0n) is 16.0. The normalized spacial score (nSPS) is 37.4. The first kappa shape index (κ1) is 17.3. The van der Waals surface area contributed by atoms with Crippen LogP contribution in [0.4, 0.5) is 0 Å². The van der Waals surface area contributed by atoms with Gasteiger partial charge in [0.05, 0.1) is 0 Å². The van der Waals surface area contributed by atoms with Gasteiger partial charge >= 0.3 is 0 Å². The second-order valence-corrected chi connectivity index (χ2v) is 10.7. The van der Waals surface area contributed by atoms with Gasteiger partial charge in [-0.05, 0) is 93.1 Å². The largest absolute Gasteiger partial charge is 0.0876 e. The van der Waals surface area contributed by atoms with Crippen molar-refractivity contribution in [1.29, 1.82) is 0 Å². The molecule has 0 heterocycles. The highest BCUT2D eigenvalue weighted by atomic mass is 127. The summed E-state index contributed by atoms with van der Waals surface area (Å²) in [6.45, 7) is 5.05. The maximum Gasteiger partial charge on any atom is 0.00584 e. The van der Waals surface area contributed by atoms with Gasteiger partial charge in [-0.25, -0.2) is 0 Å². The summed E-state index contributed by atoms with van der Waals surface area (Å²) in [7, 11) is 0. The Bertz CT molecular complexity index is 811. The molecule has 0 fully saturated rings. The highest BCUT2D eigenvalue weighted by molar-refractivity contribution is 14.1. The minimum absolute atomic E-state index is 0.350. The summed E-state index contributed by atoms with van der Waals surface area (Å²) in [5.41, 5.74) is 7.20. The summed E-state index contributed by atoms with van der Waals surface area (Å²) < 4.78 is 1.58. The molecule has 1 heteroatoms. The fourth-order valence-corrected chi connectivity index (χ4v) is 7.02. The maximum atomic E-state index is 2.56. The summed E-state index contributed by atoms with van der Waals surface area (Å²) >= 11 is 2.56. The number of halogens is 1. The van der Waals surface area contributed by atoms with E-state index in [1.54, 1.807) is 25.9 Å². The minimum Gasteiger partial charge on any atom is -0.0876 e. The van der Waals surface area contributed by atoms with E-state index in [1.807, 2.05) is 0 Å². The van der Waals surface area contributed by atoms with Crippen LogP contribution in [-0.4, -0.2) is 0 Å². The lowest BCUT2D eigenvalue weighted by Crippen LogP contribution is -2.28. The quantitative estimate of drug-likeness (QED) is 0.284. The van der Waals surface area contributed by atoms with E-state index >= 15 is 0 Å². The van der Waals surface area contributed by atoms with E-state index in [-0.39, 0.29) is 0 Å². The van der Waals surface area contributed by atoms with Crippen molar-refractivity contribution in [3.8, 4) is 0 Å². The highest BCUT2D eigenvalue weighted by Crippen LogP contribution is 2.60. The molecule has 4 atom stereocenters. The predicted octanol–water partition coefficient (Wildman–Crippen LogP) is 7.47. The third-order valence-corrected chi connectivity index (χ3v) is 8.61. The molecule has 0 amide bonds. The van der Waals surface area contributed by atoms with Crippen LogP contribution in [0.3, 0.4) is 0 Å². The molecule has 0 saturated heterocycles. The Kier molecular flexibility index (Phi) is 4.23. The van der Waals surface area contributed by atoms with Crippen molar-refractivity contribution < 1.29 is 0 Å². The molecule has 0 radical (unpaired) electrons. The van der Waals surface area contributed by atoms with Crippen LogP contribution in [0, 0.1) is 29.1 Å². The van der Waals surface area contributed by atoms with Gasteiger partial charge in [0.25, 0.3) is 0 Å². The van der Waals surface area contributed by atoms with Crippen molar-refractivity contribution >= 4 is 22.6 Å². The number of fused-ring (bicyclic) bond motifs is 3. The van der Waals surface area contributed by atoms with E-state index in [9.17, 15) is 0 Å². The smallest absolute Gasteiger partial charge is 0.00584 e. The third-order valence-electron chi connectivity index (χ3n) is 7.73. The Morgan fingerprint density at radius 2 is 1.85 bits per heavy atom. The predicted molar refractivity (Wildman–Crippen MR) is 119 cm³/mol. The van der Waals surface area contributed by atoms with Gasteiger partial charge in [-0.2, -0.15) is 0 Å². The molecule has 136 valence electrons. The number of hydrogen-bond donors (Lipinski definition) is 0. The van der Waals surface area contributed by atoms with Crippen LogP contribution in [0.2, 0.25) is 0 Å². The molecule has 0 aromatic rings. The van der Waals surface area contributed by atoms with Crippen molar-refractivity contribution in [2.75, 3.05) is 0 Å². The molecule has 4 unspecified atom stereocenters. The second kappa shape index (κ2) is 6.36. The van der Waals surface area contributed by atoms with E-state index in [1.165, 1.54) is 38.5 Å². The van der Waals surface area contributed by atoms with Gasteiger partial charge in [0.15, 0.2) is 0 Å². The van der Waals surface area contributed by atoms with Crippen LogP contribution < -0.4 is 0 Å². The van der Waals surface area contributed by atoms with Gasteiger partial charge in [0.1, 0.15) is 0 Å². The third kappa shape index (κ3) is 2.60. The van der Waals surface area contributed by atoms with E-state index in [2.05, 4.69) is 79.0 Å². The van der Waals surface area contributed by atoms with Gasteiger partial charge in [0, 0.05) is 11.8 Å². The Labute approximate surface area is 172 Å². The SMILES string of the molecule is CC1(C)C2=C(C=CC(C3=C4CCC=CC4CC=C3)C2)C2CC=C(I)CC21. The zero-order valence-corrected chi connectivity index (χ0v) is 18.1. The molecule has 5 aliphatic rings. The van der Waals surface area contributed by atoms with Crippen LogP contribution in [-0.2, 0) is 0 Å². The first-order chi connectivity index (χ1) is 12.6. The molecule has 0 N–H and O–H groups in total. The van der Waals surface area contributed by atoms with Crippen LogP contribution in [0.1, 0.15) is 52.4 Å². The molecule has 0 spiro atoms. The summed E-state index contributed by atoms with van der Waals surface area (Å²) in [5.74, 6) is 2.84. The van der Waals surface area contributed by atoms with Crippen molar-refractivity contribution in [2.45, 2.75) is 52.4 Å². The standard InChI is InChI=1S/C25H29I/c1-25(2)23-14-17(20-9-5-7-16-6-3-4-8-19(16)20)10-12-21(23)22-13-11-18(26)15-24(22)25/h3,5-6,9-12,16-17,22,24H,4,7-8,13-15H2,1-2H3. The lowest BCUT2D eigenvalue weighted by atomic mass is 9.68. The van der Waals surface area contributed by atoms with Crippen LogP contribution in [0.25, 0.3) is 0 Å². The molecule has 0 aromatic carbocycles. The monoisotopic (exact) mass is 456 g/mol. The van der Waals surface area contributed by atoms with Crippen molar-refractivity contribution in [1.82, 2.24) is 0 Å². The van der Waals surface area contributed by atoms with Crippen LogP contribution in [0.15, 0.2) is 68.4 Å². The molecule has 0 saturated carbocycles. The number of allylic oxidation sites excluding steroid dienone is 12. The average molecular weight is 456 g/mol. The first-order valence-corrected chi connectivity index (χ1v) is 11.5. The van der Waals surface area contributed by atoms with Crippen molar-refractivity contribution in [3.63, 3.8) is 0 Å². The van der Waals surface area contributed by atoms with Gasteiger partial charge in [-0.15, -0.1) is 0 Å². The van der Waals surface area contributed by atoms with Crippen molar-refractivity contribution in [2.24, 2.45) is 29.1 Å². The van der Waals surface area contributed by atoms with E-state index in [4.69, 9.17) is 0 Å². The fourth-order valence-electron chi connectivity index (χ4n) is 6.29. The molecule has 0 bridgehead atoms. The topological polar surface area (TPSA) is 0 Å². The Balaban J connectivity index is 1.48. The Morgan fingerprint density at radius 1 is 0.962 bits per heavy atom. The summed E-state index contributed by atoms with van der Waals surface area (Å²) in [5, 5.41) is 0. The molecule has 0 aliphatic heterocycles. The zero-order chi connectivity index (χ0) is 17.9. The fraction of sp³-hybridized carbons (Fsp3) is 0.520. The van der Waals surface area contributed by atoms with Gasteiger partial charge in [-0.1, -0.05) is 67.5 Å². The minimum atomic E-state index is 0.350. The second-order valence-electron chi connectivity index (χ2n) is 9.32. The van der Waals surface area contributed by atoms with E-state index in [0.717, 1.165) is 11.8 Å². The summed E-state index contributed by atoms with van der Waals surface area (Å²) in [6.07, 6.45) is 24.8. The summed E-state index contributed by atoms with van der Waals surface area (Å²) in [4.78, 5) is 0. The first-order valence-electron chi connectivity index (χ1n) is 10.4. The van der Waals surface area contributed by atoms with Gasteiger partial charge < -0.3 is 0 Å². The van der Waals surface area contributed by atoms with Crippen LogP contribution >= 0.6 is 22.6 Å². The molecule has 0 aromatic heterocycles. The number of hydrogen-bond acceptors (Lipinski definition) is 0. The maximum absolute atomic E-state index is 2.56. The van der Waals surface area contributed by atoms with Gasteiger partial charge in [0.2, 0.25) is 0 Å². The average Bonchev–Trinajstić information content (AvgIpc) is 2.88. The molecular formula is C25H29I. The van der Waals surface area contributed by atoms with E-state index in [0.29, 0.717) is 17.3 Å².